The number of rotatable bonds is 4. The highest BCUT2D eigenvalue weighted by atomic mass is 79.9. The first-order valence-electron chi connectivity index (χ1n) is 8.82. The molecular formula is C20H22BrClN2O3S. The van der Waals surface area contributed by atoms with Crippen LogP contribution < -0.4 is 31.4 Å². The number of nitrogens with zero attached hydrogens (tertiary/aromatic N) is 2. The van der Waals surface area contributed by atoms with Crippen molar-refractivity contribution in [2.45, 2.75) is 12.1 Å². The van der Waals surface area contributed by atoms with Crippen molar-refractivity contribution in [1.82, 2.24) is 0 Å². The van der Waals surface area contributed by atoms with Gasteiger partial charge in [-0.15, -0.1) is 0 Å². The minimum absolute atomic E-state index is 0. The van der Waals surface area contributed by atoms with Crippen molar-refractivity contribution in [2.75, 3.05) is 38.0 Å². The second-order valence-electron chi connectivity index (χ2n) is 6.60. The summed E-state index contributed by atoms with van der Waals surface area (Å²) in [6, 6.07) is 13.0. The van der Waals surface area contributed by atoms with Gasteiger partial charge in [-0.25, -0.2) is 4.58 Å². The third kappa shape index (κ3) is 3.61. The van der Waals surface area contributed by atoms with Crippen molar-refractivity contribution in [3.05, 3.63) is 53.1 Å². The van der Waals surface area contributed by atoms with Gasteiger partial charge in [-0.05, 0) is 42.4 Å². The third-order valence-electron chi connectivity index (χ3n) is 4.98. The van der Waals surface area contributed by atoms with E-state index >= 15 is 0 Å². The number of hydrogen-bond donors (Lipinski definition) is 1. The van der Waals surface area contributed by atoms with E-state index in [0.29, 0.717) is 23.1 Å². The van der Waals surface area contributed by atoms with Crippen molar-refractivity contribution >= 4 is 34.2 Å². The molecule has 1 N–H and O–H groups in total. The molecule has 2 aliphatic heterocycles. The summed E-state index contributed by atoms with van der Waals surface area (Å²) in [5, 5.41) is 13.6. The first kappa shape index (κ1) is 21.3. The van der Waals surface area contributed by atoms with E-state index in [1.807, 2.05) is 47.4 Å². The van der Waals surface area contributed by atoms with Gasteiger partial charge in [-0.1, -0.05) is 23.7 Å². The molecular weight excluding hydrogens is 464 g/mol. The number of amidine groups is 1. The van der Waals surface area contributed by atoms with Crippen molar-refractivity contribution in [1.29, 1.82) is 0 Å². The van der Waals surface area contributed by atoms with E-state index in [9.17, 15) is 5.11 Å². The molecule has 150 valence electrons. The molecule has 0 spiro atoms. The minimum atomic E-state index is -1.23. The van der Waals surface area contributed by atoms with Crippen molar-refractivity contribution in [2.24, 2.45) is 0 Å². The Bertz CT molecular complexity index is 894. The van der Waals surface area contributed by atoms with Crippen molar-refractivity contribution in [3.63, 3.8) is 0 Å². The van der Waals surface area contributed by atoms with Gasteiger partial charge >= 0.3 is 5.17 Å². The van der Waals surface area contributed by atoms with Gasteiger partial charge in [0.05, 0.1) is 20.8 Å². The predicted molar refractivity (Wildman–Crippen MR) is 109 cm³/mol. The lowest BCUT2D eigenvalue weighted by molar-refractivity contribution is -0.532. The summed E-state index contributed by atoms with van der Waals surface area (Å²) in [6.45, 7) is 1.40. The molecule has 28 heavy (non-hydrogen) atoms. The Morgan fingerprint density at radius 1 is 1.14 bits per heavy atom. The molecule has 8 heteroatoms. The second kappa shape index (κ2) is 8.53. The Morgan fingerprint density at radius 3 is 2.57 bits per heavy atom. The summed E-state index contributed by atoms with van der Waals surface area (Å²) in [6.07, 6.45) is 1.09. The highest BCUT2D eigenvalue weighted by Gasteiger charge is 2.56. The molecule has 0 bridgehead atoms. The number of anilines is 1. The van der Waals surface area contributed by atoms with Crippen LogP contribution in [0.3, 0.4) is 0 Å². The lowest BCUT2D eigenvalue weighted by Crippen LogP contribution is -3.00. The molecule has 2 aliphatic rings. The van der Waals surface area contributed by atoms with Crippen LogP contribution in [-0.4, -0.2) is 47.9 Å². The van der Waals surface area contributed by atoms with Gasteiger partial charge in [-0.3, -0.25) is 0 Å². The van der Waals surface area contributed by atoms with Crippen LogP contribution in [0.5, 0.6) is 11.5 Å². The standard InChI is InChI=1S/C20H22ClN2O3S.BrH/c1-25-16-8-9-18(26-2)17(12-16)23-19-22(10-3-11-27-19)13-20(23,24)14-4-6-15(21)7-5-14;/h4-9,12,24H,3,10-11,13H2,1-2H3;1H/q+1;/p-1. The summed E-state index contributed by atoms with van der Waals surface area (Å²) >= 11 is 7.83. The molecule has 4 rings (SSSR count). The van der Waals surface area contributed by atoms with Crippen LogP contribution in [0.2, 0.25) is 5.02 Å². The van der Waals surface area contributed by atoms with Crippen molar-refractivity contribution < 1.29 is 36.1 Å². The van der Waals surface area contributed by atoms with E-state index < -0.39 is 5.72 Å². The fourth-order valence-electron chi connectivity index (χ4n) is 3.66. The molecule has 0 amide bonds. The number of aliphatic hydroxyl groups is 1. The fraction of sp³-hybridized carbons (Fsp3) is 0.350. The van der Waals surface area contributed by atoms with Crippen LogP contribution in [0.15, 0.2) is 42.5 Å². The van der Waals surface area contributed by atoms with Gasteiger partial charge in [0.1, 0.15) is 5.75 Å². The predicted octanol–water partition coefficient (Wildman–Crippen LogP) is 0.532. The lowest BCUT2D eigenvalue weighted by Gasteiger charge is -2.29. The molecule has 2 aromatic rings. The summed E-state index contributed by atoms with van der Waals surface area (Å²) in [5.74, 6) is 2.42. The topological polar surface area (TPSA) is 44.9 Å². The SMILES string of the molecule is COc1ccc(OC)c(N2C3=[N+](CCCS3)CC2(O)c2ccc(Cl)cc2)c1.[Br-]. The molecule has 0 radical (unpaired) electrons. The van der Waals surface area contributed by atoms with Gasteiger partial charge in [0.2, 0.25) is 0 Å². The normalized spacial score (nSPS) is 21.2. The molecule has 0 aliphatic carbocycles. The molecule has 1 unspecified atom stereocenters. The van der Waals surface area contributed by atoms with Crippen molar-refractivity contribution in [3.8, 4) is 11.5 Å². The van der Waals surface area contributed by atoms with Crippen LogP contribution in [0, 0.1) is 0 Å². The Balaban J connectivity index is 0.00000225. The van der Waals surface area contributed by atoms with E-state index in [-0.39, 0.29) is 17.0 Å². The third-order valence-corrected chi connectivity index (χ3v) is 6.42. The lowest BCUT2D eigenvalue weighted by atomic mass is 10.0. The van der Waals surface area contributed by atoms with E-state index in [1.54, 1.807) is 26.0 Å². The second-order valence-corrected chi connectivity index (χ2v) is 8.10. The number of ether oxygens (including phenoxy) is 2. The molecule has 0 aromatic heterocycles. The van der Waals surface area contributed by atoms with Gasteiger partial charge in [0.25, 0.3) is 5.72 Å². The number of thioether (sulfide) groups is 1. The molecule has 0 fully saturated rings. The fourth-order valence-corrected chi connectivity index (χ4v) is 4.96. The van der Waals surface area contributed by atoms with E-state index in [2.05, 4.69) is 4.58 Å². The first-order valence-corrected chi connectivity index (χ1v) is 10.2. The van der Waals surface area contributed by atoms with Crippen LogP contribution in [0.25, 0.3) is 0 Å². The maximum absolute atomic E-state index is 11.9. The Morgan fingerprint density at radius 2 is 1.89 bits per heavy atom. The van der Waals surface area contributed by atoms with E-state index in [1.165, 1.54) is 0 Å². The summed E-state index contributed by atoms with van der Waals surface area (Å²) in [7, 11) is 3.27. The molecule has 2 aromatic carbocycles. The first-order chi connectivity index (χ1) is 13.1. The highest BCUT2D eigenvalue weighted by Crippen LogP contribution is 2.44. The van der Waals surface area contributed by atoms with E-state index in [4.69, 9.17) is 21.1 Å². The average molecular weight is 486 g/mol. The van der Waals surface area contributed by atoms with Gasteiger partial charge in [0.15, 0.2) is 18.0 Å². The maximum Gasteiger partial charge on any atom is 0.316 e. The highest BCUT2D eigenvalue weighted by molar-refractivity contribution is 8.14. The number of methoxy groups -OCH3 is 2. The molecule has 5 nitrogen and oxygen atoms in total. The average Bonchev–Trinajstić information content (AvgIpc) is 3.00. The van der Waals surface area contributed by atoms with Gasteiger partial charge in [0, 0.05) is 22.4 Å². The largest absolute Gasteiger partial charge is 1.00 e. The number of benzene rings is 2. The number of hydrogen-bond acceptors (Lipinski definition) is 5. The van der Waals surface area contributed by atoms with Crippen LogP contribution in [-0.2, 0) is 5.72 Å². The summed E-state index contributed by atoms with van der Waals surface area (Å²) in [4.78, 5) is 1.97. The molecule has 0 saturated carbocycles. The zero-order chi connectivity index (χ0) is 19.0. The summed E-state index contributed by atoms with van der Waals surface area (Å²) < 4.78 is 13.3. The zero-order valence-corrected chi connectivity index (χ0v) is 18.9. The Kier molecular flexibility index (Phi) is 6.49. The number of halogens is 2. The summed E-state index contributed by atoms with van der Waals surface area (Å²) in [5.41, 5.74) is 0.345. The molecule has 0 saturated heterocycles. The maximum atomic E-state index is 11.9. The minimum Gasteiger partial charge on any atom is -1.00 e. The zero-order valence-electron chi connectivity index (χ0n) is 15.7. The van der Waals surface area contributed by atoms with Gasteiger partial charge < -0.3 is 31.6 Å². The molecule has 1 atom stereocenters. The van der Waals surface area contributed by atoms with Gasteiger partial charge in [-0.2, -0.15) is 4.90 Å². The quantitative estimate of drug-likeness (QED) is 0.640. The van der Waals surface area contributed by atoms with Crippen LogP contribution in [0.4, 0.5) is 5.69 Å². The smallest absolute Gasteiger partial charge is 0.316 e. The Labute approximate surface area is 184 Å². The monoisotopic (exact) mass is 484 g/mol. The Hall–Kier alpha value is -1.41. The van der Waals surface area contributed by atoms with Crippen LogP contribution >= 0.6 is 23.4 Å². The van der Waals surface area contributed by atoms with Crippen LogP contribution in [0.1, 0.15) is 12.0 Å². The molecule has 2 heterocycles. The van der Waals surface area contributed by atoms with E-state index in [0.717, 1.165) is 35.1 Å².